The first-order chi connectivity index (χ1) is 14.6. The molecule has 31 heavy (non-hydrogen) atoms. The van der Waals surface area contributed by atoms with Crippen molar-refractivity contribution in [2.45, 2.75) is 26.0 Å². The van der Waals surface area contributed by atoms with Gasteiger partial charge in [0, 0.05) is 11.6 Å². The Morgan fingerprint density at radius 2 is 1.81 bits per heavy atom. The zero-order valence-electron chi connectivity index (χ0n) is 16.6. The maximum atomic E-state index is 13.0. The van der Waals surface area contributed by atoms with Gasteiger partial charge in [-0.3, -0.25) is 24.5 Å². The number of rotatable bonds is 8. The summed E-state index contributed by atoms with van der Waals surface area (Å²) in [7, 11) is 0. The minimum atomic E-state index is -1.15. The van der Waals surface area contributed by atoms with Gasteiger partial charge in [-0.15, -0.1) is 0 Å². The molecule has 9 nitrogen and oxygen atoms in total. The molecule has 0 fully saturated rings. The summed E-state index contributed by atoms with van der Waals surface area (Å²) in [5, 5.41) is 15.6. The minimum absolute atomic E-state index is 0.0668. The molecule has 2 atom stereocenters. The van der Waals surface area contributed by atoms with E-state index in [1.807, 2.05) is 0 Å². The van der Waals surface area contributed by atoms with Crippen LogP contribution < -0.4 is 10.6 Å². The van der Waals surface area contributed by atoms with Gasteiger partial charge in [0.05, 0.1) is 11.0 Å². The topological polar surface area (TPSA) is 128 Å². The van der Waals surface area contributed by atoms with Crippen molar-refractivity contribution in [2.75, 3.05) is 6.54 Å². The molecule has 2 unspecified atom stereocenters. The molecule has 0 spiro atoms. The fraction of sp³-hybridized carbons (Fsp3) is 0.250. The van der Waals surface area contributed by atoms with E-state index in [9.17, 15) is 28.9 Å². The molecule has 0 aliphatic rings. The highest BCUT2D eigenvalue weighted by Crippen LogP contribution is 2.25. The predicted molar refractivity (Wildman–Crippen MR) is 109 cm³/mol. The Morgan fingerprint density at radius 3 is 2.42 bits per heavy atom. The smallest absolute Gasteiger partial charge is 0.326 e. The Bertz CT molecular complexity index is 999. The van der Waals surface area contributed by atoms with E-state index in [-0.39, 0.29) is 10.6 Å². The Balaban J connectivity index is 1.85. The third kappa shape index (κ3) is 6.75. The van der Waals surface area contributed by atoms with Gasteiger partial charge in [0.2, 0.25) is 0 Å². The molecule has 0 saturated heterocycles. The quantitative estimate of drug-likeness (QED) is 0.361. The average Bonchev–Trinajstić information content (AvgIpc) is 2.72. The highest BCUT2D eigenvalue weighted by atomic mass is 35.5. The number of amides is 2. The molecule has 0 saturated carbocycles. The van der Waals surface area contributed by atoms with Crippen molar-refractivity contribution in [3.05, 3.63) is 74.5 Å². The number of nitro groups is 1. The number of carbonyl (C=O) groups is 3. The van der Waals surface area contributed by atoms with Crippen molar-refractivity contribution in [1.29, 1.82) is 0 Å². The summed E-state index contributed by atoms with van der Waals surface area (Å²) in [6.07, 6.45) is -1.15. The molecule has 0 aliphatic heterocycles. The van der Waals surface area contributed by atoms with E-state index in [0.717, 1.165) is 6.07 Å². The molecule has 0 aliphatic carbocycles. The molecule has 164 valence electrons. The second-order valence-corrected chi connectivity index (χ2v) is 6.93. The maximum absolute atomic E-state index is 13.0. The maximum Gasteiger partial charge on any atom is 0.326 e. The molecular weight excluding hydrogens is 433 g/mol. The molecule has 11 heteroatoms. The summed E-state index contributed by atoms with van der Waals surface area (Å²) in [4.78, 5) is 46.4. The molecule has 0 radical (unpaired) electrons. The number of hydrogen-bond donors (Lipinski definition) is 2. The zero-order chi connectivity index (χ0) is 23.1. The van der Waals surface area contributed by atoms with E-state index in [1.54, 1.807) is 6.92 Å². The lowest BCUT2D eigenvalue weighted by Gasteiger charge is -2.18. The van der Waals surface area contributed by atoms with Crippen LogP contribution in [0, 0.1) is 15.9 Å². The van der Waals surface area contributed by atoms with Gasteiger partial charge in [-0.1, -0.05) is 23.7 Å². The normalized spacial score (nSPS) is 12.4. The number of nitrogens with one attached hydrogen (secondary N) is 2. The van der Waals surface area contributed by atoms with Crippen molar-refractivity contribution in [3.63, 3.8) is 0 Å². The van der Waals surface area contributed by atoms with Crippen LogP contribution in [-0.4, -0.2) is 35.4 Å². The Labute approximate surface area is 181 Å². The first-order valence-corrected chi connectivity index (χ1v) is 9.43. The van der Waals surface area contributed by atoms with E-state index in [4.69, 9.17) is 16.3 Å². The Morgan fingerprint density at radius 1 is 1.16 bits per heavy atom. The van der Waals surface area contributed by atoms with Gasteiger partial charge in [0.15, 0.2) is 6.10 Å². The number of hydrogen-bond acceptors (Lipinski definition) is 6. The molecule has 2 aromatic rings. The van der Waals surface area contributed by atoms with Crippen LogP contribution in [0.4, 0.5) is 10.1 Å². The van der Waals surface area contributed by atoms with Gasteiger partial charge in [0.1, 0.15) is 17.4 Å². The Hall–Kier alpha value is -3.53. The molecule has 2 N–H and O–H groups in total. The van der Waals surface area contributed by atoms with Crippen LogP contribution >= 0.6 is 11.6 Å². The van der Waals surface area contributed by atoms with Crippen LogP contribution in [0.15, 0.2) is 42.5 Å². The van der Waals surface area contributed by atoms with Crippen molar-refractivity contribution in [1.82, 2.24) is 10.6 Å². The fourth-order valence-corrected chi connectivity index (χ4v) is 2.69. The lowest BCUT2D eigenvalue weighted by Crippen LogP contribution is -2.39. The van der Waals surface area contributed by atoms with E-state index in [2.05, 4.69) is 10.6 Å². The van der Waals surface area contributed by atoms with Gasteiger partial charge in [-0.2, -0.15) is 0 Å². The monoisotopic (exact) mass is 451 g/mol. The van der Waals surface area contributed by atoms with Gasteiger partial charge in [0.25, 0.3) is 17.5 Å². The van der Waals surface area contributed by atoms with Crippen molar-refractivity contribution >= 4 is 35.1 Å². The predicted octanol–water partition coefficient (Wildman–Crippen LogP) is 2.93. The van der Waals surface area contributed by atoms with E-state index in [1.165, 1.54) is 43.3 Å². The SMILES string of the molecule is CC(OC(=O)CNC(=O)c1ccc(Cl)c([N+](=O)[O-])c1)C(=O)NC(C)c1ccc(F)cc1. The number of nitrogens with zero attached hydrogens (tertiary/aromatic N) is 1. The summed E-state index contributed by atoms with van der Waals surface area (Å²) in [6.45, 7) is 2.49. The van der Waals surface area contributed by atoms with Crippen LogP contribution in [0.5, 0.6) is 0 Å². The van der Waals surface area contributed by atoms with Gasteiger partial charge in [-0.25, -0.2) is 4.39 Å². The van der Waals surface area contributed by atoms with Crippen LogP contribution in [0.1, 0.15) is 35.8 Å². The van der Waals surface area contributed by atoms with Crippen molar-refractivity contribution in [2.24, 2.45) is 0 Å². The van der Waals surface area contributed by atoms with Crippen LogP contribution in [0.25, 0.3) is 0 Å². The number of carbonyl (C=O) groups excluding carboxylic acids is 3. The molecule has 0 heterocycles. The van der Waals surface area contributed by atoms with E-state index in [0.29, 0.717) is 5.56 Å². The molecule has 2 rings (SSSR count). The second kappa shape index (κ2) is 10.5. The lowest BCUT2D eigenvalue weighted by atomic mass is 10.1. The minimum Gasteiger partial charge on any atom is -0.451 e. The standard InChI is InChI=1S/C20H19ClFN3O6/c1-11(13-3-6-15(22)7-4-13)24-19(27)12(2)31-18(26)10-23-20(28)14-5-8-16(21)17(9-14)25(29)30/h3-9,11-12H,10H2,1-2H3,(H,23,28)(H,24,27). The first kappa shape index (κ1) is 23.7. The highest BCUT2D eigenvalue weighted by Gasteiger charge is 2.21. The number of nitro benzene ring substituents is 1. The summed E-state index contributed by atoms with van der Waals surface area (Å²) in [5.74, 6) is -2.61. The van der Waals surface area contributed by atoms with Crippen molar-refractivity contribution < 1.29 is 28.4 Å². The van der Waals surface area contributed by atoms with Gasteiger partial charge in [-0.05, 0) is 43.7 Å². The van der Waals surface area contributed by atoms with Crippen LogP contribution in [-0.2, 0) is 14.3 Å². The van der Waals surface area contributed by atoms with Gasteiger partial charge < -0.3 is 15.4 Å². The van der Waals surface area contributed by atoms with Crippen LogP contribution in [0.2, 0.25) is 5.02 Å². The summed E-state index contributed by atoms with van der Waals surface area (Å²) >= 11 is 5.69. The van der Waals surface area contributed by atoms with Crippen molar-refractivity contribution in [3.8, 4) is 0 Å². The number of benzene rings is 2. The third-order valence-corrected chi connectivity index (χ3v) is 4.52. The summed E-state index contributed by atoms with van der Waals surface area (Å²) < 4.78 is 18.0. The van der Waals surface area contributed by atoms with Gasteiger partial charge >= 0.3 is 5.97 Å². The largest absolute Gasteiger partial charge is 0.451 e. The Kier molecular flexibility index (Phi) is 8.03. The number of halogens is 2. The molecular formula is C20H19ClFN3O6. The average molecular weight is 452 g/mol. The summed E-state index contributed by atoms with van der Waals surface area (Å²) in [6, 6.07) is 8.56. The first-order valence-electron chi connectivity index (χ1n) is 9.06. The molecule has 2 amide bonds. The molecule has 2 aromatic carbocycles. The molecule has 0 aromatic heterocycles. The molecule has 0 bridgehead atoms. The number of esters is 1. The second-order valence-electron chi connectivity index (χ2n) is 6.52. The third-order valence-electron chi connectivity index (χ3n) is 4.20. The van der Waals surface area contributed by atoms with E-state index >= 15 is 0 Å². The number of ether oxygens (including phenoxy) is 1. The zero-order valence-corrected chi connectivity index (χ0v) is 17.3. The highest BCUT2D eigenvalue weighted by molar-refractivity contribution is 6.32. The lowest BCUT2D eigenvalue weighted by molar-refractivity contribution is -0.384. The fourth-order valence-electron chi connectivity index (χ4n) is 2.51. The van der Waals surface area contributed by atoms with E-state index < -0.39 is 52.9 Å². The summed E-state index contributed by atoms with van der Waals surface area (Å²) in [5.41, 5.74) is 0.151. The van der Waals surface area contributed by atoms with Crippen LogP contribution in [0.3, 0.4) is 0 Å².